The lowest BCUT2D eigenvalue weighted by molar-refractivity contribution is -0.118. The summed E-state index contributed by atoms with van der Waals surface area (Å²) in [6, 6.07) is 12.0. The predicted molar refractivity (Wildman–Crippen MR) is 102 cm³/mol. The van der Waals surface area contributed by atoms with Crippen molar-refractivity contribution >= 4 is 11.6 Å². The number of aryl methyl sites for hydroxylation is 3. The van der Waals surface area contributed by atoms with Gasteiger partial charge in [0.2, 0.25) is 17.6 Å². The molecule has 0 unspecified atom stereocenters. The predicted octanol–water partition coefficient (Wildman–Crippen LogP) is 4.48. The van der Waals surface area contributed by atoms with Crippen LogP contribution in [0.3, 0.4) is 0 Å². The van der Waals surface area contributed by atoms with Crippen molar-refractivity contribution in [2.75, 3.05) is 11.4 Å². The minimum absolute atomic E-state index is 0.00373. The summed E-state index contributed by atoms with van der Waals surface area (Å²) < 4.78 is 18.2. The highest BCUT2D eigenvalue weighted by Crippen LogP contribution is 2.21. The molecular weight excluding hydrogens is 345 g/mol. The third kappa shape index (κ3) is 4.58. The lowest BCUT2D eigenvalue weighted by Gasteiger charge is -2.22. The quantitative estimate of drug-likeness (QED) is 0.645. The van der Waals surface area contributed by atoms with Gasteiger partial charge in [0.1, 0.15) is 5.82 Å². The first kappa shape index (κ1) is 18.8. The van der Waals surface area contributed by atoms with Crippen molar-refractivity contribution in [1.29, 1.82) is 0 Å². The van der Waals surface area contributed by atoms with Gasteiger partial charge in [-0.15, -0.1) is 0 Å². The zero-order valence-electron chi connectivity index (χ0n) is 15.7. The summed E-state index contributed by atoms with van der Waals surface area (Å²) in [6.45, 7) is 6.58. The molecule has 0 aliphatic carbocycles. The Bertz CT molecular complexity index is 915. The van der Waals surface area contributed by atoms with Gasteiger partial charge in [0.15, 0.2) is 0 Å². The molecular formula is C21H22FN3O2. The number of carbonyl (C=O) groups is 1. The Morgan fingerprint density at radius 1 is 1.11 bits per heavy atom. The van der Waals surface area contributed by atoms with Crippen molar-refractivity contribution in [2.24, 2.45) is 0 Å². The van der Waals surface area contributed by atoms with Crippen LogP contribution in [0.15, 0.2) is 47.0 Å². The van der Waals surface area contributed by atoms with E-state index in [0.717, 1.165) is 16.8 Å². The third-order valence-electron chi connectivity index (χ3n) is 4.26. The Hall–Kier alpha value is -3.02. The number of rotatable bonds is 6. The van der Waals surface area contributed by atoms with Crippen LogP contribution in [-0.2, 0) is 11.2 Å². The van der Waals surface area contributed by atoms with Gasteiger partial charge in [0, 0.05) is 30.6 Å². The smallest absolute Gasteiger partial charge is 0.227 e. The summed E-state index contributed by atoms with van der Waals surface area (Å²) in [6.07, 6.45) is 0.625. The zero-order chi connectivity index (χ0) is 19.4. The fourth-order valence-corrected chi connectivity index (χ4v) is 3.03. The largest absolute Gasteiger partial charge is 0.339 e. The molecule has 140 valence electrons. The van der Waals surface area contributed by atoms with Crippen LogP contribution in [0.4, 0.5) is 10.1 Å². The molecule has 3 rings (SSSR count). The molecule has 3 aromatic rings. The topological polar surface area (TPSA) is 59.2 Å². The second-order valence-electron chi connectivity index (χ2n) is 6.50. The van der Waals surface area contributed by atoms with E-state index in [2.05, 4.69) is 16.2 Å². The Labute approximate surface area is 157 Å². The van der Waals surface area contributed by atoms with E-state index in [1.54, 1.807) is 17.0 Å². The first-order valence-electron chi connectivity index (χ1n) is 8.93. The number of aromatic nitrogens is 2. The van der Waals surface area contributed by atoms with Gasteiger partial charge in [-0.05, 0) is 68.3 Å². The van der Waals surface area contributed by atoms with Crippen LogP contribution in [0.5, 0.6) is 0 Å². The van der Waals surface area contributed by atoms with Crippen molar-refractivity contribution in [2.45, 2.75) is 33.6 Å². The van der Waals surface area contributed by atoms with Gasteiger partial charge in [-0.1, -0.05) is 11.2 Å². The van der Waals surface area contributed by atoms with Crippen LogP contribution < -0.4 is 4.90 Å². The number of amides is 1. The van der Waals surface area contributed by atoms with Gasteiger partial charge < -0.3 is 9.42 Å². The summed E-state index contributed by atoms with van der Waals surface area (Å²) in [7, 11) is 0. The first-order valence-corrected chi connectivity index (χ1v) is 8.93. The lowest BCUT2D eigenvalue weighted by atomic mass is 10.1. The fourth-order valence-electron chi connectivity index (χ4n) is 3.03. The highest BCUT2D eigenvalue weighted by Gasteiger charge is 2.17. The van der Waals surface area contributed by atoms with Gasteiger partial charge >= 0.3 is 0 Å². The number of carbonyl (C=O) groups excluding carboxylic acids is 1. The van der Waals surface area contributed by atoms with Gasteiger partial charge in [0.05, 0.1) is 0 Å². The maximum Gasteiger partial charge on any atom is 0.227 e. The highest BCUT2D eigenvalue weighted by atomic mass is 19.1. The molecule has 0 atom stereocenters. The Kier molecular flexibility index (Phi) is 5.64. The average Bonchev–Trinajstić information content (AvgIpc) is 3.09. The standard InChI is InChI=1S/C21H22FN3O2/c1-4-25(18-12-14(2)11-15(3)13-18)20(26)10-9-19-23-21(24-27-19)16-5-7-17(22)8-6-16/h5-8,11-13H,4,9-10H2,1-3H3. The van der Waals surface area contributed by atoms with E-state index in [9.17, 15) is 9.18 Å². The van der Waals surface area contributed by atoms with Gasteiger partial charge in [-0.2, -0.15) is 4.98 Å². The van der Waals surface area contributed by atoms with Crippen LogP contribution >= 0.6 is 0 Å². The molecule has 6 heteroatoms. The van der Waals surface area contributed by atoms with Gasteiger partial charge in [-0.3, -0.25) is 4.79 Å². The van der Waals surface area contributed by atoms with Crippen LogP contribution in [-0.4, -0.2) is 22.6 Å². The molecule has 0 saturated carbocycles. The fraction of sp³-hybridized carbons (Fsp3) is 0.286. The molecule has 27 heavy (non-hydrogen) atoms. The number of nitrogens with zero attached hydrogens (tertiary/aromatic N) is 3. The molecule has 0 saturated heterocycles. The molecule has 0 radical (unpaired) electrons. The van der Waals surface area contributed by atoms with E-state index in [-0.39, 0.29) is 18.1 Å². The molecule has 1 heterocycles. The summed E-state index contributed by atoms with van der Waals surface area (Å²) in [5.41, 5.74) is 3.81. The normalized spacial score (nSPS) is 10.8. The summed E-state index contributed by atoms with van der Waals surface area (Å²) >= 11 is 0. The van der Waals surface area contributed by atoms with Crippen molar-refractivity contribution in [3.05, 3.63) is 65.3 Å². The summed E-state index contributed by atoms with van der Waals surface area (Å²) in [5, 5.41) is 3.91. The van der Waals surface area contributed by atoms with Gasteiger partial charge in [0.25, 0.3) is 0 Å². The highest BCUT2D eigenvalue weighted by molar-refractivity contribution is 5.93. The first-order chi connectivity index (χ1) is 13.0. The molecule has 1 amide bonds. The summed E-state index contributed by atoms with van der Waals surface area (Å²) in [4.78, 5) is 18.7. The lowest BCUT2D eigenvalue weighted by Crippen LogP contribution is -2.30. The monoisotopic (exact) mass is 367 g/mol. The minimum Gasteiger partial charge on any atom is -0.339 e. The van der Waals surface area contributed by atoms with Crippen LogP contribution in [0, 0.1) is 19.7 Å². The molecule has 0 fully saturated rings. The van der Waals surface area contributed by atoms with Crippen molar-refractivity contribution < 1.29 is 13.7 Å². The van der Waals surface area contributed by atoms with E-state index in [1.807, 2.05) is 32.9 Å². The summed E-state index contributed by atoms with van der Waals surface area (Å²) in [5.74, 6) is 0.460. The van der Waals surface area contributed by atoms with E-state index in [4.69, 9.17) is 4.52 Å². The van der Waals surface area contributed by atoms with Crippen molar-refractivity contribution in [3.63, 3.8) is 0 Å². The number of hydrogen-bond donors (Lipinski definition) is 0. The number of hydrogen-bond acceptors (Lipinski definition) is 4. The Balaban J connectivity index is 1.67. The molecule has 0 bridgehead atoms. The maximum atomic E-state index is 13.0. The molecule has 5 nitrogen and oxygen atoms in total. The molecule has 0 spiro atoms. The van der Waals surface area contributed by atoms with Gasteiger partial charge in [-0.25, -0.2) is 4.39 Å². The number of halogens is 1. The molecule has 0 N–H and O–H groups in total. The third-order valence-corrected chi connectivity index (χ3v) is 4.26. The van der Waals surface area contributed by atoms with Crippen molar-refractivity contribution in [1.82, 2.24) is 10.1 Å². The van der Waals surface area contributed by atoms with E-state index < -0.39 is 0 Å². The molecule has 1 aromatic heterocycles. The van der Waals surface area contributed by atoms with E-state index in [0.29, 0.717) is 30.2 Å². The second-order valence-corrected chi connectivity index (χ2v) is 6.50. The SMILES string of the molecule is CCN(C(=O)CCc1nc(-c2ccc(F)cc2)no1)c1cc(C)cc(C)c1. The van der Waals surface area contributed by atoms with Crippen LogP contribution in [0.25, 0.3) is 11.4 Å². The Morgan fingerprint density at radius 2 is 1.78 bits per heavy atom. The maximum absolute atomic E-state index is 13.0. The molecule has 2 aromatic carbocycles. The van der Waals surface area contributed by atoms with E-state index in [1.165, 1.54) is 12.1 Å². The number of anilines is 1. The van der Waals surface area contributed by atoms with Crippen molar-refractivity contribution in [3.8, 4) is 11.4 Å². The Morgan fingerprint density at radius 3 is 2.41 bits per heavy atom. The zero-order valence-corrected chi connectivity index (χ0v) is 15.7. The van der Waals surface area contributed by atoms with Crippen LogP contribution in [0.1, 0.15) is 30.4 Å². The van der Waals surface area contributed by atoms with E-state index >= 15 is 0 Å². The molecule has 0 aliphatic heterocycles. The number of benzene rings is 2. The molecule has 0 aliphatic rings. The average molecular weight is 367 g/mol. The second kappa shape index (κ2) is 8.12. The van der Waals surface area contributed by atoms with Crippen LogP contribution in [0.2, 0.25) is 0 Å². The minimum atomic E-state index is -0.320.